The summed E-state index contributed by atoms with van der Waals surface area (Å²) in [6, 6.07) is 22.8. The second-order valence-corrected chi connectivity index (χ2v) is 9.25. The van der Waals surface area contributed by atoms with Crippen LogP contribution in [0.4, 0.5) is 5.69 Å². The SMILES string of the molecule is Clc1ccc(-c2csc(=Nc3ccc(Cl)cc3Cl)n2N=Cc2ccc3ncccc3c2)cc1. The first kappa shape index (κ1) is 21.9. The number of rotatable bonds is 4. The van der Waals surface area contributed by atoms with E-state index in [2.05, 4.69) is 4.98 Å². The Kier molecular flexibility index (Phi) is 6.29. The van der Waals surface area contributed by atoms with Gasteiger partial charge >= 0.3 is 0 Å². The van der Waals surface area contributed by atoms with Crippen molar-refractivity contribution in [2.75, 3.05) is 0 Å². The van der Waals surface area contributed by atoms with Gasteiger partial charge in [0.25, 0.3) is 0 Å². The fourth-order valence-corrected chi connectivity index (χ4v) is 4.71. The minimum Gasteiger partial charge on any atom is -0.256 e. The van der Waals surface area contributed by atoms with E-state index in [1.807, 2.05) is 60.0 Å². The summed E-state index contributed by atoms with van der Waals surface area (Å²) in [5.41, 5.74) is 4.36. The van der Waals surface area contributed by atoms with Gasteiger partial charge < -0.3 is 0 Å². The van der Waals surface area contributed by atoms with E-state index in [1.165, 1.54) is 11.3 Å². The van der Waals surface area contributed by atoms with Crippen LogP contribution in [0.3, 0.4) is 0 Å². The number of hydrogen-bond donors (Lipinski definition) is 0. The summed E-state index contributed by atoms with van der Waals surface area (Å²) in [6.07, 6.45) is 3.59. The van der Waals surface area contributed by atoms with E-state index in [1.54, 1.807) is 35.3 Å². The molecule has 2 aromatic heterocycles. The zero-order valence-electron chi connectivity index (χ0n) is 17.0. The van der Waals surface area contributed by atoms with Crippen LogP contribution in [-0.2, 0) is 0 Å². The van der Waals surface area contributed by atoms with E-state index in [0.29, 0.717) is 25.6 Å². The lowest BCUT2D eigenvalue weighted by Gasteiger charge is -2.05. The van der Waals surface area contributed by atoms with Crippen LogP contribution in [0.15, 0.2) is 94.5 Å². The molecule has 5 aromatic rings. The Balaban J connectivity index is 1.63. The third kappa shape index (κ3) is 4.87. The number of nitrogens with zero attached hydrogens (tertiary/aromatic N) is 4. The van der Waals surface area contributed by atoms with Crippen molar-refractivity contribution < 1.29 is 0 Å². The van der Waals surface area contributed by atoms with Crippen LogP contribution in [0.5, 0.6) is 0 Å². The maximum Gasteiger partial charge on any atom is 0.211 e. The molecule has 4 nitrogen and oxygen atoms in total. The molecule has 2 heterocycles. The number of benzene rings is 3. The number of fused-ring (bicyclic) bond motifs is 1. The van der Waals surface area contributed by atoms with Crippen LogP contribution in [0.25, 0.3) is 22.2 Å². The van der Waals surface area contributed by atoms with Crippen molar-refractivity contribution in [2.45, 2.75) is 0 Å². The molecule has 33 heavy (non-hydrogen) atoms. The topological polar surface area (TPSA) is 42.5 Å². The van der Waals surface area contributed by atoms with Gasteiger partial charge in [0, 0.05) is 32.6 Å². The first-order valence-corrected chi connectivity index (χ1v) is 11.9. The lowest BCUT2D eigenvalue weighted by molar-refractivity contribution is 0.855. The Bertz CT molecular complexity index is 1550. The van der Waals surface area contributed by atoms with Gasteiger partial charge in [-0.15, -0.1) is 11.3 Å². The van der Waals surface area contributed by atoms with Crippen LogP contribution in [0, 0.1) is 0 Å². The maximum absolute atomic E-state index is 6.36. The van der Waals surface area contributed by atoms with Gasteiger partial charge in [-0.05, 0) is 54.1 Å². The predicted octanol–water partition coefficient (Wildman–Crippen LogP) is 7.84. The van der Waals surface area contributed by atoms with E-state index in [-0.39, 0.29) is 0 Å². The summed E-state index contributed by atoms with van der Waals surface area (Å²) in [6.45, 7) is 0. The highest BCUT2D eigenvalue weighted by Gasteiger charge is 2.09. The molecule has 0 aliphatic rings. The zero-order valence-corrected chi connectivity index (χ0v) is 20.1. The average Bonchev–Trinajstić information content (AvgIpc) is 3.22. The molecule has 0 bridgehead atoms. The molecule has 8 heteroatoms. The molecule has 0 aliphatic carbocycles. The number of aromatic nitrogens is 2. The Morgan fingerprint density at radius 3 is 2.52 bits per heavy atom. The molecule has 162 valence electrons. The molecule has 0 fully saturated rings. The number of halogens is 3. The van der Waals surface area contributed by atoms with E-state index in [0.717, 1.165) is 27.7 Å². The summed E-state index contributed by atoms with van der Waals surface area (Å²) in [4.78, 5) is 9.79. The summed E-state index contributed by atoms with van der Waals surface area (Å²) in [5, 5.41) is 9.53. The molecule has 0 N–H and O–H groups in total. The Morgan fingerprint density at radius 2 is 1.70 bits per heavy atom. The second kappa shape index (κ2) is 9.49. The summed E-state index contributed by atoms with van der Waals surface area (Å²) in [7, 11) is 0. The van der Waals surface area contributed by atoms with Crippen molar-refractivity contribution in [3.05, 3.63) is 110 Å². The number of hydrogen-bond acceptors (Lipinski definition) is 4. The third-order valence-electron chi connectivity index (χ3n) is 4.90. The highest BCUT2D eigenvalue weighted by atomic mass is 35.5. The van der Waals surface area contributed by atoms with Crippen molar-refractivity contribution in [1.29, 1.82) is 0 Å². The van der Waals surface area contributed by atoms with Crippen LogP contribution >= 0.6 is 46.1 Å². The molecule has 0 radical (unpaired) electrons. The van der Waals surface area contributed by atoms with E-state index < -0.39 is 0 Å². The molecule has 0 unspecified atom stereocenters. The normalized spacial score (nSPS) is 12.2. The largest absolute Gasteiger partial charge is 0.256 e. The molecular formula is C25H15Cl3N4S. The van der Waals surface area contributed by atoms with Crippen molar-refractivity contribution in [3.63, 3.8) is 0 Å². The Hall–Kier alpha value is -2.96. The van der Waals surface area contributed by atoms with Crippen LogP contribution in [-0.4, -0.2) is 15.9 Å². The van der Waals surface area contributed by atoms with Crippen molar-refractivity contribution >= 4 is 68.9 Å². The standard InChI is InChI=1S/C25H15Cl3N4S/c26-19-6-4-17(5-7-19)24-15-33-25(31-23-10-8-20(27)13-21(23)28)32(24)30-14-16-3-9-22-18(12-16)2-1-11-29-22/h1-15H. The molecule has 3 aromatic carbocycles. The summed E-state index contributed by atoms with van der Waals surface area (Å²) in [5.74, 6) is 0. The van der Waals surface area contributed by atoms with E-state index in [4.69, 9.17) is 44.9 Å². The second-order valence-electron chi connectivity index (χ2n) is 7.13. The predicted molar refractivity (Wildman–Crippen MR) is 139 cm³/mol. The fraction of sp³-hybridized carbons (Fsp3) is 0. The van der Waals surface area contributed by atoms with Gasteiger partial charge in [0.1, 0.15) is 0 Å². The molecule has 0 aliphatic heterocycles. The van der Waals surface area contributed by atoms with E-state index in [9.17, 15) is 0 Å². The highest BCUT2D eigenvalue weighted by Crippen LogP contribution is 2.28. The quantitative estimate of drug-likeness (QED) is 0.228. The van der Waals surface area contributed by atoms with Gasteiger partial charge in [0.15, 0.2) is 0 Å². The fourth-order valence-electron chi connectivity index (χ4n) is 3.28. The smallest absolute Gasteiger partial charge is 0.211 e. The van der Waals surface area contributed by atoms with Crippen LogP contribution < -0.4 is 4.80 Å². The first-order valence-electron chi connectivity index (χ1n) is 9.92. The number of thiazole rings is 1. The molecule has 5 rings (SSSR count). The van der Waals surface area contributed by atoms with E-state index >= 15 is 0 Å². The van der Waals surface area contributed by atoms with Gasteiger partial charge in [0.05, 0.1) is 28.1 Å². The first-order chi connectivity index (χ1) is 16.1. The molecular weight excluding hydrogens is 495 g/mol. The monoisotopic (exact) mass is 508 g/mol. The maximum atomic E-state index is 6.36. The lowest BCUT2D eigenvalue weighted by atomic mass is 10.1. The molecule has 0 amide bonds. The van der Waals surface area contributed by atoms with Crippen LogP contribution in [0.2, 0.25) is 15.1 Å². The highest BCUT2D eigenvalue weighted by molar-refractivity contribution is 7.07. The van der Waals surface area contributed by atoms with Gasteiger partial charge in [-0.2, -0.15) is 5.10 Å². The van der Waals surface area contributed by atoms with Crippen molar-refractivity contribution in [2.24, 2.45) is 10.1 Å². The minimum atomic E-state index is 0.474. The van der Waals surface area contributed by atoms with Crippen molar-refractivity contribution in [3.8, 4) is 11.3 Å². The van der Waals surface area contributed by atoms with Crippen LogP contribution in [0.1, 0.15) is 5.56 Å². The Labute approximate surface area is 209 Å². The minimum absolute atomic E-state index is 0.474. The van der Waals surface area contributed by atoms with Crippen molar-refractivity contribution in [1.82, 2.24) is 9.66 Å². The van der Waals surface area contributed by atoms with Gasteiger partial charge in [-0.1, -0.05) is 59.1 Å². The van der Waals surface area contributed by atoms with Gasteiger partial charge in [0.2, 0.25) is 4.80 Å². The third-order valence-corrected chi connectivity index (χ3v) is 6.51. The molecule has 0 saturated carbocycles. The molecule has 0 saturated heterocycles. The Morgan fingerprint density at radius 1 is 0.879 bits per heavy atom. The summed E-state index contributed by atoms with van der Waals surface area (Å²) < 4.78 is 1.80. The zero-order chi connectivity index (χ0) is 22.8. The number of pyridine rings is 1. The average molecular weight is 510 g/mol. The van der Waals surface area contributed by atoms with Gasteiger partial charge in [-0.25, -0.2) is 9.67 Å². The molecule has 0 atom stereocenters. The lowest BCUT2D eigenvalue weighted by Crippen LogP contribution is -2.11. The van der Waals surface area contributed by atoms with Gasteiger partial charge in [-0.3, -0.25) is 4.98 Å². The summed E-state index contributed by atoms with van der Waals surface area (Å²) >= 11 is 20.0. The molecule has 0 spiro atoms.